The number of hydrogen-bond acceptors (Lipinski definition) is 9. The van der Waals surface area contributed by atoms with Crippen LogP contribution in [-0.2, 0) is 42.2 Å². The number of amides is 4. The van der Waals surface area contributed by atoms with Crippen molar-refractivity contribution in [3.63, 3.8) is 0 Å². The fraction of sp³-hybridized carbons (Fsp3) is 0.514. The summed E-state index contributed by atoms with van der Waals surface area (Å²) >= 11 is 0. The molecule has 13 nitrogen and oxygen atoms in total. The first-order valence-corrected chi connectivity index (χ1v) is 19.5. The summed E-state index contributed by atoms with van der Waals surface area (Å²) in [4.78, 5) is 58.7. The van der Waals surface area contributed by atoms with Crippen molar-refractivity contribution in [3.05, 3.63) is 71.6 Å². The number of allylic oxidation sites excluding steroid dienone is 1. The van der Waals surface area contributed by atoms with Gasteiger partial charge >= 0.3 is 6.09 Å². The summed E-state index contributed by atoms with van der Waals surface area (Å²) in [6, 6.07) is 9.77. The van der Waals surface area contributed by atoms with Crippen LogP contribution in [0.25, 0.3) is 0 Å². The van der Waals surface area contributed by atoms with Crippen LogP contribution in [0.4, 0.5) is 20.6 Å². The molecular formula is C37H45FN6O7S. The van der Waals surface area contributed by atoms with E-state index in [4.69, 9.17) is 10.5 Å². The molecule has 2 aromatic carbocycles. The highest BCUT2D eigenvalue weighted by Gasteiger charge is 2.63. The van der Waals surface area contributed by atoms with Crippen LogP contribution in [0.15, 0.2) is 54.6 Å². The topological polar surface area (TPSA) is 180 Å². The summed E-state index contributed by atoms with van der Waals surface area (Å²) in [5, 5.41) is 6.16. The van der Waals surface area contributed by atoms with E-state index >= 15 is 0 Å². The number of nitrogens with two attached hydrogens (primary N) is 1. The number of hydrogen-bond donors (Lipinski definition) is 4. The maximum Gasteiger partial charge on any atom is 0.410 e. The molecule has 3 heterocycles. The fourth-order valence-corrected chi connectivity index (χ4v) is 8.77. The molecule has 7 rings (SSSR count). The third-order valence-electron chi connectivity index (χ3n) is 11.2. The summed E-state index contributed by atoms with van der Waals surface area (Å²) in [6.07, 6.45) is 6.79. The normalized spacial score (nSPS) is 29.0. The summed E-state index contributed by atoms with van der Waals surface area (Å²) in [7, 11) is -3.99. The molecule has 5 atom stereocenters. The number of fused-ring (bicyclic) bond motifs is 3. The van der Waals surface area contributed by atoms with Crippen LogP contribution in [0.1, 0.15) is 75.8 Å². The Balaban J connectivity index is 1.15. The van der Waals surface area contributed by atoms with Gasteiger partial charge in [0.1, 0.15) is 29.5 Å². The van der Waals surface area contributed by atoms with Gasteiger partial charge in [0.25, 0.3) is 5.91 Å². The molecule has 5 N–H and O–H groups in total. The molecule has 0 bridgehead atoms. The van der Waals surface area contributed by atoms with Gasteiger partial charge in [0, 0.05) is 35.8 Å². The molecule has 3 aliphatic heterocycles. The average molecular weight is 737 g/mol. The van der Waals surface area contributed by atoms with E-state index in [1.165, 1.54) is 15.9 Å². The van der Waals surface area contributed by atoms with Gasteiger partial charge in [-0.1, -0.05) is 37.1 Å². The van der Waals surface area contributed by atoms with E-state index in [-0.39, 0.29) is 38.4 Å². The molecule has 0 aromatic heterocycles. The lowest BCUT2D eigenvalue weighted by Crippen LogP contribution is -2.58. The molecule has 0 spiro atoms. The number of rotatable bonds is 6. The second-order valence-corrected chi connectivity index (χ2v) is 17.2. The van der Waals surface area contributed by atoms with Gasteiger partial charge in [0.05, 0.1) is 17.8 Å². The second-order valence-electron chi connectivity index (χ2n) is 15.0. The number of nitrogens with one attached hydrogen (secondary N) is 3. The summed E-state index contributed by atoms with van der Waals surface area (Å²) in [6.45, 7) is 1.68. The molecule has 52 heavy (non-hydrogen) atoms. The molecule has 5 aliphatic rings. The van der Waals surface area contributed by atoms with Crippen LogP contribution >= 0.6 is 0 Å². The number of halogens is 1. The van der Waals surface area contributed by atoms with Crippen molar-refractivity contribution in [2.45, 2.75) is 106 Å². The maximum atomic E-state index is 14.5. The van der Waals surface area contributed by atoms with Crippen molar-refractivity contribution in [2.24, 2.45) is 5.92 Å². The minimum atomic E-state index is -3.99. The number of benzene rings is 2. The first-order valence-electron chi connectivity index (χ1n) is 18.0. The second kappa shape index (κ2) is 13.7. The number of anilines is 2. The highest BCUT2D eigenvalue weighted by atomic mass is 32.2. The lowest BCUT2D eigenvalue weighted by molar-refractivity contribution is -0.140. The van der Waals surface area contributed by atoms with Crippen LogP contribution in [0.3, 0.4) is 0 Å². The van der Waals surface area contributed by atoms with E-state index in [1.807, 2.05) is 12.2 Å². The Bertz CT molecular complexity index is 1900. The highest BCUT2D eigenvalue weighted by Crippen LogP contribution is 2.47. The zero-order valence-electron chi connectivity index (χ0n) is 29.1. The van der Waals surface area contributed by atoms with Crippen LogP contribution in [0.5, 0.6) is 0 Å². The standard InChI is InChI=1S/C37H45FN6O7S/c1-36(16-17-36)52(49,50)42-34(47)37-19-24(37)9-5-3-2-4-6-11-30(40-26-14-12-25(39)13-15-26)33(46)44-21-27(18-31(44)32(45)41-37)51-35(48)43-20-23-8-7-10-29(38)28(23)22-43/h5,7-10,12-15,24,27,30-31,40H,2-4,6,11,16-22,39H2,1H3,(H,41,45)(H,42,47)/b9-5-/t24-,27+,30-,31-,37+/m0/s1. The zero-order valence-corrected chi connectivity index (χ0v) is 29.9. The summed E-state index contributed by atoms with van der Waals surface area (Å²) in [5.41, 5.74) is 6.68. The van der Waals surface area contributed by atoms with E-state index < -0.39 is 68.1 Å². The van der Waals surface area contributed by atoms with Crippen molar-refractivity contribution in [1.29, 1.82) is 0 Å². The largest absolute Gasteiger partial charge is 0.444 e. The van der Waals surface area contributed by atoms with Crippen molar-refractivity contribution < 1.29 is 36.7 Å². The molecule has 1 saturated heterocycles. The average Bonchev–Trinajstić information content (AvgIpc) is 3.90. The SMILES string of the molecule is CC1(S(=O)(=O)NC(=O)[C@@]23C[C@@H]2/C=C\CCCCC[C@H](Nc2ccc(N)cc2)C(=O)N2C[C@H](OC(=O)N4Cc5cccc(F)c5C4)C[C@H]2C(=O)N3)CC1. The molecule has 2 aromatic rings. The molecular weight excluding hydrogens is 692 g/mol. The number of nitrogens with zero attached hydrogens (tertiary/aromatic N) is 2. The number of carbonyl (C=O) groups excluding carboxylic acids is 4. The lowest BCUT2D eigenvalue weighted by Gasteiger charge is -2.30. The molecule has 0 unspecified atom stereocenters. The molecule has 4 amide bonds. The van der Waals surface area contributed by atoms with Gasteiger partial charge < -0.3 is 26.0 Å². The quantitative estimate of drug-likeness (QED) is 0.254. The predicted octanol–water partition coefficient (Wildman–Crippen LogP) is 3.70. The van der Waals surface area contributed by atoms with Gasteiger partial charge in [0.2, 0.25) is 21.8 Å². The first-order chi connectivity index (χ1) is 24.8. The Morgan fingerprint density at radius 2 is 1.83 bits per heavy atom. The van der Waals surface area contributed by atoms with Crippen LogP contribution in [-0.4, -0.2) is 77.1 Å². The molecule has 0 radical (unpaired) electrons. The van der Waals surface area contributed by atoms with Gasteiger partial charge in [0.15, 0.2) is 0 Å². The zero-order chi connectivity index (χ0) is 36.8. The van der Waals surface area contributed by atoms with Crippen molar-refractivity contribution in [1.82, 2.24) is 19.8 Å². The molecule has 15 heteroatoms. The van der Waals surface area contributed by atoms with Gasteiger partial charge in [-0.25, -0.2) is 17.6 Å². The van der Waals surface area contributed by atoms with Gasteiger partial charge in [-0.15, -0.1) is 0 Å². The van der Waals surface area contributed by atoms with Crippen molar-refractivity contribution in [3.8, 4) is 0 Å². The van der Waals surface area contributed by atoms with Gasteiger partial charge in [-0.05, 0) is 81.3 Å². The molecule has 2 aliphatic carbocycles. The van der Waals surface area contributed by atoms with Gasteiger partial charge in [-0.3, -0.25) is 24.0 Å². The maximum absolute atomic E-state index is 14.5. The Morgan fingerprint density at radius 1 is 1.06 bits per heavy atom. The Labute approximate surface area is 302 Å². The Morgan fingerprint density at radius 3 is 2.56 bits per heavy atom. The van der Waals surface area contributed by atoms with Crippen LogP contribution in [0.2, 0.25) is 0 Å². The Hall–Kier alpha value is -4.66. The predicted molar refractivity (Wildman–Crippen MR) is 190 cm³/mol. The number of ether oxygens (including phenoxy) is 1. The smallest absolute Gasteiger partial charge is 0.410 e. The third-order valence-corrected chi connectivity index (χ3v) is 13.3. The molecule has 3 fully saturated rings. The minimum absolute atomic E-state index is 0.0300. The number of nitrogen functional groups attached to an aromatic ring is 1. The van der Waals surface area contributed by atoms with Crippen LogP contribution in [0, 0.1) is 11.7 Å². The summed E-state index contributed by atoms with van der Waals surface area (Å²) < 4.78 is 47.7. The monoisotopic (exact) mass is 736 g/mol. The lowest BCUT2D eigenvalue weighted by atomic mass is 10.0. The van der Waals surface area contributed by atoms with E-state index in [2.05, 4.69) is 15.4 Å². The molecule has 2 saturated carbocycles. The highest BCUT2D eigenvalue weighted by molar-refractivity contribution is 7.91. The molecule has 278 valence electrons. The van der Waals surface area contributed by atoms with E-state index in [0.29, 0.717) is 48.2 Å². The van der Waals surface area contributed by atoms with Crippen molar-refractivity contribution >= 4 is 45.2 Å². The fourth-order valence-electron chi connectivity index (χ4n) is 7.45. The summed E-state index contributed by atoms with van der Waals surface area (Å²) in [5.74, 6) is -2.69. The number of sulfonamides is 1. The van der Waals surface area contributed by atoms with E-state index in [9.17, 15) is 32.0 Å². The van der Waals surface area contributed by atoms with Gasteiger partial charge in [-0.2, -0.15) is 0 Å². The number of carbonyl (C=O) groups is 4. The third kappa shape index (κ3) is 7.06. The van der Waals surface area contributed by atoms with Crippen molar-refractivity contribution in [2.75, 3.05) is 17.6 Å². The Kier molecular flexibility index (Phi) is 9.42. The van der Waals surface area contributed by atoms with E-state index in [1.54, 1.807) is 43.3 Å². The minimum Gasteiger partial charge on any atom is -0.444 e. The van der Waals surface area contributed by atoms with Crippen LogP contribution < -0.4 is 21.1 Å². The van der Waals surface area contributed by atoms with E-state index in [0.717, 1.165) is 19.3 Å². The first kappa shape index (κ1) is 35.7.